The summed E-state index contributed by atoms with van der Waals surface area (Å²) >= 11 is 2.05. The van der Waals surface area contributed by atoms with Gasteiger partial charge in [-0.2, -0.15) is 11.8 Å². The molecule has 1 aromatic rings. The number of hydrogen-bond acceptors (Lipinski definition) is 4. The van der Waals surface area contributed by atoms with Gasteiger partial charge in [-0.1, -0.05) is 25.5 Å². The van der Waals surface area contributed by atoms with Gasteiger partial charge in [-0.15, -0.1) is 0 Å². The Labute approximate surface area is 132 Å². The van der Waals surface area contributed by atoms with Gasteiger partial charge < -0.3 is 15.2 Å². The largest absolute Gasteiger partial charge is 0.491 e. The molecule has 0 radical (unpaired) electrons. The van der Waals surface area contributed by atoms with E-state index in [9.17, 15) is 5.11 Å². The summed E-state index contributed by atoms with van der Waals surface area (Å²) in [5, 5.41) is 14.1. The van der Waals surface area contributed by atoms with Gasteiger partial charge >= 0.3 is 0 Å². The van der Waals surface area contributed by atoms with Gasteiger partial charge in [0.2, 0.25) is 0 Å². The summed E-state index contributed by atoms with van der Waals surface area (Å²) in [7, 11) is 0. The molecule has 4 heteroatoms. The molecule has 1 aliphatic heterocycles. The van der Waals surface area contributed by atoms with E-state index in [0.717, 1.165) is 18.7 Å². The van der Waals surface area contributed by atoms with Crippen molar-refractivity contribution < 1.29 is 9.84 Å². The van der Waals surface area contributed by atoms with Gasteiger partial charge in [0.25, 0.3) is 0 Å². The monoisotopic (exact) mass is 309 g/mol. The highest BCUT2D eigenvalue weighted by Crippen LogP contribution is 2.24. The summed E-state index contributed by atoms with van der Waals surface area (Å²) in [5.74, 6) is 2.13. The average Bonchev–Trinajstić information content (AvgIpc) is 2.54. The Balaban J connectivity index is 1.61. The maximum atomic E-state index is 9.97. The highest BCUT2D eigenvalue weighted by atomic mass is 32.2. The zero-order valence-electron chi connectivity index (χ0n) is 12.9. The SMILES string of the molecule is CCc1cccc(OC[C@@H](O)CNC[C@H]2CCCCS2)c1. The molecule has 1 aliphatic rings. The lowest BCUT2D eigenvalue weighted by Crippen LogP contribution is -2.35. The molecule has 0 aliphatic carbocycles. The van der Waals surface area contributed by atoms with Crippen LogP contribution >= 0.6 is 11.8 Å². The van der Waals surface area contributed by atoms with Gasteiger partial charge in [-0.3, -0.25) is 0 Å². The second-order valence-electron chi connectivity index (χ2n) is 5.61. The summed E-state index contributed by atoms with van der Waals surface area (Å²) in [6.07, 6.45) is 4.55. The van der Waals surface area contributed by atoms with Crippen LogP contribution in [0.25, 0.3) is 0 Å². The Hall–Kier alpha value is -0.710. The number of rotatable bonds is 8. The molecule has 0 unspecified atom stereocenters. The normalized spacial score (nSPS) is 20.2. The first-order valence-electron chi connectivity index (χ1n) is 8.00. The lowest BCUT2D eigenvalue weighted by Gasteiger charge is -2.22. The summed E-state index contributed by atoms with van der Waals surface area (Å²) in [6, 6.07) is 8.07. The van der Waals surface area contributed by atoms with Crippen molar-refractivity contribution in [3.05, 3.63) is 29.8 Å². The van der Waals surface area contributed by atoms with Crippen LogP contribution in [0.3, 0.4) is 0 Å². The Morgan fingerprint density at radius 1 is 1.43 bits per heavy atom. The minimum absolute atomic E-state index is 0.345. The molecule has 2 N–H and O–H groups in total. The van der Waals surface area contributed by atoms with Crippen molar-refractivity contribution in [1.29, 1.82) is 0 Å². The lowest BCUT2D eigenvalue weighted by molar-refractivity contribution is 0.106. The molecule has 0 amide bonds. The maximum Gasteiger partial charge on any atom is 0.119 e. The number of nitrogens with one attached hydrogen (secondary N) is 1. The van der Waals surface area contributed by atoms with Gasteiger partial charge in [0, 0.05) is 18.3 Å². The van der Waals surface area contributed by atoms with Crippen LogP contribution in [-0.4, -0.2) is 41.9 Å². The van der Waals surface area contributed by atoms with E-state index in [1.54, 1.807) is 0 Å². The number of aliphatic hydroxyl groups excluding tert-OH is 1. The van der Waals surface area contributed by atoms with Gasteiger partial charge in [0.15, 0.2) is 0 Å². The Morgan fingerprint density at radius 2 is 2.33 bits per heavy atom. The molecule has 118 valence electrons. The van der Waals surface area contributed by atoms with Crippen LogP contribution in [0.4, 0.5) is 0 Å². The van der Waals surface area contributed by atoms with Crippen molar-refractivity contribution in [3.8, 4) is 5.75 Å². The van der Waals surface area contributed by atoms with Crippen molar-refractivity contribution in [3.63, 3.8) is 0 Å². The number of hydrogen-bond donors (Lipinski definition) is 2. The second kappa shape index (κ2) is 9.34. The first kappa shape index (κ1) is 16.7. The first-order valence-corrected chi connectivity index (χ1v) is 9.05. The van der Waals surface area contributed by atoms with E-state index >= 15 is 0 Å². The topological polar surface area (TPSA) is 41.5 Å². The number of ether oxygens (including phenoxy) is 1. The fraction of sp³-hybridized carbons (Fsp3) is 0.647. The van der Waals surface area contributed by atoms with Crippen LogP contribution < -0.4 is 10.1 Å². The highest BCUT2D eigenvalue weighted by molar-refractivity contribution is 7.99. The fourth-order valence-corrected chi connectivity index (χ4v) is 3.76. The third-order valence-corrected chi connectivity index (χ3v) is 5.17. The van der Waals surface area contributed by atoms with Crippen LogP contribution in [0.2, 0.25) is 0 Å². The molecule has 21 heavy (non-hydrogen) atoms. The Morgan fingerprint density at radius 3 is 3.10 bits per heavy atom. The van der Waals surface area contributed by atoms with Crippen molar-refractivity contribution in [2.75, 3.05) is 25.4 Å². The number of aryl methyl sites for hydroxylation is 1. The van der Waals surface area contributed by atoms with Crippen LogP contribution in [0.1, 0.15) is 31.7 Å². The van der Waals surface area contributed by atoms with Crippen LogP contribution in [0, 0.1) is 0 Å². The minimum Gasteiger partial charge on any atom is -0.491 e. The van der Waals surface area contributed by atoms with E-state index in [-0.39, 0.29) is 0 Å². The first-order chi connectivity index (χ1) is 10.3. The zero-order chi connectivity index (χ0) is 14.9. The van der Waals surface area contributed by atoms with E-state index in [0.29, 0.717) is 18.4 Å². The van der Waals surface area contributed by atoms with E-state index in [1.165, 1.54) is 30.6 Å². The van der Waals surface area contributed by atoms with Gasteiger partial charge in [0.05, 0.1) is 0 Å². The van der Waals surface area contributed by atoms with Crippen molar-refractivity contribution in [1.82, 2.24) is 5.32 Å². The van der Waals surface area contributed by atoms with E-state index in [1.807, 2.05) is 18.2 Å². The highest BCUT2D eigenvalue weighted by Gasteiger charge is 2.14. The van der Waals surface area contributed by atoms with Crippen LogP contribution in [0.5, 0.6) is 5.75 Å². The third-order valence-electron chi connectivity index (χ3n) is 3.78. The van der Waals surface area contributed by atoms with Gasteiger partial charge in [0.1, 0.15) is 18.5 Å². The summed E-state index contributed by atoms with van der Waals surface area (Å²) in [5.41, 5.74) is 1.26. The predicted octanol–water partition coefficient (Wildman–Crippen LogP) is 2.86. The molecule has 1 heterocycles. The molecular formula is C17H27NO2S. The molecule has 0 bridgehead atoms. The number of thioether (sulfide) groups is 1. The molecule has 0 saturated carbocycles. The Bertz CT molecular complexity index is 408. The molecule has 2 atom stereocenters. The summed E-state index contributed by atoms with van der Waals surface area (Å²) in [6.45, 7) is 4.07. The average molecular weight is 309 g/mol. The molecule has 0 aromatic heterocycles. The van der Waals surface area contributed by atoms with Crippen molar-refractivity contribution in [2.24, 2.45) is 0 Å². The standard InChI is InChI=1S/C17H27NO2S/c1-2-14-6-5-7-16(10-14)20-13-15(19)11-18-12-17-8-3-4-9-21-17/h5-7,10,15,17-19H,2-4,8-9,11-13H2,1H3/t15-,17+/m0/s1. The third kappa shape index (κ3) is 6.29. The number of aliphatic hydroxyl groups is 1. The molecule has 2 rings (SSSR count). The minimum atomic E-state index is -0.455. The molecule has 1 aromatic carbocycles. The molecule has 1 saturated heterocycles. The van der Waals surface area contributed by atoms with E-state index in [2.05, 4.69) is 30.1 Å². The van der Waals surface area contributed by atoms with Gasteiger partial charge in [-0.05, 0) is 42.7 Å². The van der Waals surface area contributed by atoms with E-state index in [4.69, 9.17) is 4.74 Å². The lowest BCUT2D eigenvalue weighted by atomic mass is 10.2. The van der Waals surface area contributed by atoms with Crippen molar-refractivity contribution in [2.45, 2.75) is 44.0 Å². The predicted molar refractivity (Wildman–Crippen MR) is 90.3 cm³/mol. The summed E-state index contributed by atoms with van der Waals surface area (Å²) in [4.78, 5) is 0. The van der Waals surface area contributed by atoms with Crippen LogP contribution in [0.15, 0.2) is 24.3 Å². The molecule has 3 nitrogen and oxygen atoms in total. The smallest absolute Gasteiger partial charge is 0.119 e. The Kier molecular flexibility index (Phi) is 7.41. The van der Waals surface area contributed by atoms with E-state index < -0.39 is 6.10 Å². The zero-order valence-corrected chi connectivity index (χ0v) is 13.7. The van der Waals surface area contributed by atoms with Crippen molar-refractivity contribution >= 4 is 11.8 Å². The summed E-state index contributed by atoms with van der Waals surface area (Å²) < 4.78 is 5.66. The molecule has 0 spiro atoms. The second-order valence-corrected chi connectivity index (χ2v) is 7.02. The molecule has 1 fully saturated rings. The van der Waals surface area contributed by atoms with Gasteiger partial charge in [-0.25, -0.2) is 0 Å². The maximum absolute atomic E-state index is 9.97. The van der Waals surface area contributed by atoms with Crippen LogP contribution in [-0.2, 0) is 6.42 Å². The number of benzene rings is 1. The fourth-order valence-electron chi connectivity index (χ4n) is 2.49. The quantitative estimate of drug-likeness (QED) is 0.775. The molecular weight excluding hydrogens is 282 g/mol.